The van der Waals surface area contributed by atoms with Crippen LogP contribution in [0.25, 0.3) is 16.7 Å². The van der Waals surface area contributed by atoms with E-state index in [4.69, 9.17) is 21.1 Å². The van der Waals surface area contributed by atoms with Gasteiger partial charge in [0.25, 0.3) is 5.56 Å². The van der Waals surface area contributed by atoms with E-state index < -0.39 is 46.3 Å². The zero-order chi connectivity index (χ0) is 35.7. The number of carbonyl (C=O) groups is 2. The number of benzene rings is 1. The van der Waals surface area contributed by atoms with Crippen molar-refractivity contribution in [1.29, 1.82) is 0 Å². The van der Waals surface area contributed by atoms with Crippen molar-refractivity contribution in [3.8, 4) is 5.69 Å². The molecule has 0 unspecified atom stereocenters. The van der Waals surface area contributed by atoms with Crippen LogP contribution in [0.3, 0.4) is 0 Å². The van der Waals surface area contributed by atoms with E-state index in [1.165, 1.54) is 28.8 Å². The van der Waals surface area contributed by atoms with E-state index in [0.717, 1.165) is 5.56 Å². The molecule has 11 nitrogen and oxygen atoms in total. The molecule has 1 aliphatic carbocycles. The van der Waals surface area contributed by atoms with Gasteiger partial charge in [0.05, 0.1) is 54.2 Å². The number of aliphatic hydroxyl groups is 1. The second kappa shape index (κ2) is 12.3. The number of hydrogen-bond donors (Lipinski definition) is 1. The third kappa shape index (κ3) is 6.91. The van der Waals surface area contributed by atoms with Crippen LogP contribution in [0, 0.1) is 11.3 Å². The van der Waals surface area contributed by atoms with Gasteiger partial charge in [-0.05, 0) is 70.7 Å². The van der Waals surface area contributed by atoms with Gasteiger partial charge in [-0.25, -0.2) is 9.78 Å². The van der Waals surface area contributed by atoms with Crippen LogP contribution in [0.2, 0.25) is 5.15 Å². The van der Waals surface area contributed by atoms with E-state index in [1.807, 2.05) is 52.0 Å². The fourth-order valence-corrected chi connectivity index (χ4v) is 7.22. The van der Waals surface area contributed by atoms with E-state index in [9.17, 15) is 32.7 Å². The van der Waals surface area contributed by atoms with Gasteiger partial charge in [0, 0.05) is 18.8 Å². The van der Waals surface area contributed by atoms with Crippen LogP contribution in [0.5, 0.6) is 0 Å². The van der Waals surface area contributed by atoms with Crippen molar-refractivity contribution in [2.24, 2.45) is 11.3 Å². The molecule has 15 heteroatoms. The maximum Gasteiger partial charge on any atom is 0.410 e. The Kier molecular flexibility index (Phi) is 8.84. The molecule has 0 bridgehead atoms. The molecule has 1 saturated carbocycles. The van der Waals surface area contributed by atoms with Gasteiger partial charge in [0.1, 0.15) is 17.1 Å². The number of hydrogen-bond acceptors (Lipinski definition) is 7. The predicted octanol–water partition coefficient (Wildman–Crippen LogP) is 5.48. The Morgan fingerprint density at radius 1 is 1.14 bits per heavy atom. The summed E-state index contributed by atoms with van der Waals surface area (Å²) in [5.74, 6) is -2.20. The fraction of sp³-hybridized carbons (Fsp3) is 0.588. The molecule has 49 heavy (non-hydrogen) atoms. The lowest BCUT2D eigenvalue weighted by molar-refractivity contribution is -0.165. The number of morpholine rings is 1. The fourth-order valence-electron chi connectivity index (χ4n) is 6.93. The topological polar surface area (TPSA) is 119 Å². The number of halogens is 4. The number of fused-ring (bicyclic) bond motifs is 1. The number of alkyl halides is 3. The van der Waals surface area contributed by atoms with Gasteiger partial charge in [-0.3, -0.25) is 23.6 Å². The molecular weight excluding hydrogens is 667 g/mol. The summed E-state index contributed by atoms with van der Waals surface area (Å²) < 4.78 is 54.0. The number of rotatable bonds is 5. The standard InChI is InChI=1S/C34H41ClF3N5O6/c1-20-16-42(30(46)49-31(2,3)4)24(17-48-20)21-6-8-22(9-7-21)43-26(35)14-23-27(43)39-19-41(28(23)44)18-33(47)10-12-40(13-11-33)29(45)32(5)15-25(32)34(36,37)38/h6-9,14,19-20,24-25,47H,10-13,15-18H2,1-5H3/t20-,24-,25-,32-/m0/s1. The molecule has 3 aliphatic rings. The molecule has 266 valence electrons. The molecule has 2 amide bonds. The first-order valence-corrected chi connectivity index (χ1v) is 16.7. The molecule has 2 aliphatic heterocycles. The van der Waals surface area contributed by atoms with Gasteiger partial charge < -0.3 is 19.5 Å². The molecule has 6 rings (SSSR count). The largest absolute Gasteiger partial charge is 0.444 e. The van der Waals surface area contributed by atoms with Crippen molar-refractivity contribution in [1.82, 2.24) is 23.9 Å². The lowest BCUT2D eigenvalue weighted by Gasteiger charge is -2.39. The number of carbonyl (C=O) groups excluding carboxylic acids is 2. The highest BCUT2D eigenvalue weighted by Crippen LogP contribution is 2.61. The highest BCUT2D eigenvalue weighted by Gasteiger charge is 2.68. The molecule has 1 aromatic carbocycles. The smallest absolute Gasteiger partial charge is 0.410 e. The molecule has 0 spiro atoms. The van der Waals surface area contributed by atoms with Gasteiger partial charge in [-0.2, -0.15) is 13.2 Å². The summed E-state index contributed by atoms with van der Waals surface area (Å²) >= 11 is 6.63. The Balaban J connectivity index is 1.17. The first kappa shape index (κ1) is 35.2. The van der Waals surface area contributed by atoms with Gasteiger partial charge in [0.2, 0.25) is 5.91 Å². The first-order chi connectivity index (χ1) is 22.8. The van der Waals surface area contributed by atoms with Crippen molar-refractivity contribution >= 4 is 34.6 Å². The molecule has 3 aromatic rings. The van der Waals surface area contributed by atoms with Crippen LogP contribution in [-0.4, -0.2) is 90.7 Å². The third-order valence-corrected chi connectivity index (χ3v) is 10.1. The SMILES string of the molecule is C[C@H]1CN(C(=O)OC(C)(C)C)[C@H](c2ccc(-n3c(Cl)cc4c(=O)n(CC5(O)CCN(C(=O)[C@@]6(C)C[C@@H]6C(F)(F)F)CC5)cnc43)cc2)CO1. The van der Waals surface area contributed by atoms with Crippen LogP contribution in [-0.2, 0) is 20.8 Å². The van der Waals surface area contributed by atoms with Crippen LogP contribution < -0.4 is 5.56 Å². The quantitative estimate of drug-likeness (QED) is 0.373. The van der Waals surface area contributed by atoms with Gasteiger partial charge in [0.15, 0.2) is 5.65 Å². The lowest BCUT2D eigenvalue weighted by Crippen LogP contribution is -2.51. The minimum absolute atomic E-state index is 0.0830. The Bertz CT molecular complexity index is 1810. The summed E-state index contributed by atoms with van der Waals surface area (Å²) in [5, 5.41) is 11.8. The number of nitrogens with zero attached hydrogens (tertiary/aromatic N) is 5. The summed E-state index contributed by atoms with van der Waals surface area (Å²) in [6, 6.07) is 8.49. The van der Waals surface area contributed by atoms with Gasteiger partial charge in [-0.15, -0.1) is 0 Å². The zero-order valence-electron chi connectivity index (χ0n) is 28.1. The van der Waals surface area contributed by atoms with Crippen molar-refractivity contribution in [2.45, 2.75) is 90.0 Å². The molecule has 4 heterocycles. The van der Waals surface area contributed by atoms with Crippen LogP contribution in [0.4, 0.5) is 18.0 Å². The molecule has 1 N–H and O–H groups in total. The lowest BCUT2D eigenvalue weighted by atomic mass is 9.90. The minimum Gasteiger partial charge on any atom is -0.444 e. The Morgan fingerprint density at radius 3 is 2.39 bits per heavy atom. The average molecular weight is 708 g/mol. The minimum atomic E-state index is -4.42. The van der Waals surface area contributed by atoms with Gasteiger partial charge >= 0.3 is 12.3 Å². The maximum atomic E-state index is 13.6. The monoisotopic (exact) mass is 707 g/mol. The van der Waals surface area contributed by atoms with E-state index in [2.05, 4.69) is 4.98 Å². The van der Waals surface area contributed by atoms with Crippen molar-refractivity contribution in [3.63, 3.8) is 0 Å². The summed E-state index contributed by atoms with van der Waals surface area (Å²) in [6.45, 7) is 9.42. The highest BCUT2D eigenvalue weighted by molar-refractivity contribution is 6.31. The van der Waals surface area contributed by atoms with Crippen LogP contribution in [0.15, 0.2) is 41.5 Å². The van der Waals surface area contributed by atoms with Crippen LogP contribution in [0.1, 0.15) is 65.5 Å². The molecule has 2 saturated heterocycles. The molecule has 0 radical (unpaired) electrons. The maximum absolute atomic E-state index is 13.6. The number of aromatic nitrogens is 3. The molecule has 2 aromatic heterocycles. The summed E-state index contributed by atoms with van der Waals surface area (Å²) in [5.41, 5.74) is -2.12. The van der Waals surface area contributed by atoms with Gasteiger partial charge in [-0.1, -0.05) is 30.7 Å². The summed E-state index contributed by atoms with van der Waals surface area (Å²) in [6.07, 6.45) is -3.70. The van der Waals surface area contributed by atoms with Crippen molar-refractivity contribution in [2.75, 3.05) is 26.2 Å². The number of ether oxygens (including phenoxy) is 2. The van der Waals surface area contributed by atoms with E-state index in [1.54, 1.807) is 9.47 Å². The van der Waals surface area contributed by atoms with E-state index in [0.29, 0.717) is 24.5 Å². The van der Waals surface area contributed by atoms with Crippen molar-refractivity contribution in [3.05, 3.63) is 57.7 Å². The Morgan fingerprint density at radius 2 is 1.80 bits per heavy atom. The second-order valence-corrected chi connectivity index (χ2v) is 15.2. The Hall–Kier alpha value is -3.62. The third-order valence-electron chi connectivity index (χ3n) is 9.84. The predicted molar refractivity (Wildman–Crippen MR) is 174 cm³/mol. The normalized spacial score (nSPS) is 25.8. The van der Waals surface area contributed by atoms with Crippen molar-refractivity contribution < 1.29 is 37.3 Å². The van der Waals surface area contributed by atoms with E-state index >= 15 is 0 Å². The second-order valence-electron chi connectivity index (χ2n) is 14.8. The molecule has 4 atom stereocenters. The number of piperidine rings is 1. The van der Waals surface area contributed by atoms with E-state index in [-0.39, 0.29) is 61.6 Å². The Labute approximate surface area is 286 Å². The number of amides is 2. The molecular formula is C34H41ClF3N5O6. The summed E-state index contributed by atoms with van der Waals surface area (Å²) in [7, 11) is 0. The average Bonchev–Trinajstić information content (AvgIpc) is 3.63. The highest BCUT2D eigenvalue weighted by atomic mass is 35.5. The molecule has 3 fully saturated rings. The zero-order valence-corrected chi connectivity index (χ0v) is 28.8. The van der Waals surface area contributed by atoms with Crippen LogP contribution >= 0.6 is 11.6 Å². The first-order valence-electron chi connectivity index (χ1n) is 16.4. The number of likely N-dealkylation sites (tertiary alicyclic amines) is 1. The summed E-state index contributed by atoms with van der Waals surface area (Å²) in [4.78, 5) is 47.1.